The van der Waals surface area contributed by atoms with Gasteiger partial charge in [-0.1, -0.05) is 12.1 Å². The quantitative estimate of drug-likeness (QED) is 0.817. The van der Waals surface area contributed by atoms with E-state index in [4.69, 9.17) is 10.4 Å². The van der Waals surface area contributed by atoms with Crippen LogP contribution >= 0.6 is 0 Å². The van der Waals surface area contributed by atoms with Crippen molar-refractivity contribution in [3.8, 4) is 6.07 Å². The highest BCUT2D eigenvalue weighted by molar-refractivity contribution is 5.87. The first-order chi connectivity index (χ1) is 7.63. The normalized spacial score (nSPS) is 10.1. The first-order valence-corrected chi connectivity index (χ1v) is 5.01. The molecule has 1 N–H and O–H groups in total. The number of carboxylic acids is 1. The van der Waals surface area contributed by atoms with Gasteiger partial charge in [0.15, 0.2) is 0 Å². The molecule has 84 valence electrons. The molecule has 4 nitrogen and oxygen atoms in total. The Balaban J connectivity index is 2.63. The third-order valence-electron chi connectivity index (χ3n) is 2.23. The van der Waals surface area contributed by atoms with Crippen LogP contribution in [-0.2, 0) is 6.54 Å². The zero-order chi connectivity index (χ0) is 12.0. The molecule has 0 spiro atoms. The van der Waals surface area contributed by atoms with Gasteiger partial charge < -0.3 is 10.0 Å². The van der Waals surface area contributed by atoms with Crippen LogP contribution in [0.3, 0.4) is 0 Å². The second-order valence-electron chi connectivity index (χ2n) is 3.65. The Bertz CT molecular complexity index is 410. The Kier molecular flexibility index (Phi) is 4.49. The van der Waals surface area contributed by atoms with Crippen molar-refractivity contribution in [3.05, 3.63) is 35.4 Å². The zero-order valence-corrected chi connectivity index (χ0v) is 9.18. The highest BCUT2D eigenvalue weighted by Gasteiger charge is 2.04. The van der Waals surface area contributed by atoms with Crippen LogP contribution in [0.25, 0.3) is 0 Å². The first-order valence-electron chi connectivity index (χ1n) is 5.01. The number of hydrogen-bond donors (Lipinski definition) is 1. The summed E-state index contributed by atoms with van der Waals surface area (Å²) in [5, 5.41) is 17.3. The summed E-state index contributed by atoms with van der Waals surface area (Å²) in [5.41, 5.74) is 1.24. The second kappa shape index (κ2) is 5.89. The summed E-state index contributed by atoms with van der Waals surface area (Å²) in [5.74, 6) is -0.915. The van der Waals surface area contributed by atoms with Gasteiger partial charge in [0.25, 0.3) is 0 Å². The summed E-state index contributed by atoms with van der Waals surface area (Å²) in [6.07, 6.45) is 0.481. The molecule has 0 saturated carbocycles. The van der Waals surface area contributed by atoms with Crippen LogP contribution in [0.1, 0.15) is 22.3 Å². The Labute approximate surface area is 94.7 Å². The largest absolute Gasteiger partial charge is 0.478 e. The average Bonchev–Trinajstić information content (AvgIpc) is 2.26. The summed E-state index contributed by atoms with van der Waals surface area (Å²) in [6.45, 7) is 1.34. The molecule has 0 fully saturated rings. The molecule has 1 aromatic carbocycles. The topological polar surface area (TPSA) is 64.3 Å². The van der Waals surface area contributed by atoms with Crippen molar-refractivity contribution in [2.45, 2.75) is 13.0 Å². The monoisotopic (exact) mass is 218 g/mol. The molecule has 0 heterocycles. The molecule has 0 aliphatic carbocycles. The van der Waals surface area contributed by atoms with Crippen molar-refractivity contribution in [3.63, 3.8) is 0 Å². The van der Waals surface area contributed by atoms with Crippen molar-refractivity contribution in [2.24, 2.45) is 0 Å². The van der Waals surface area contributed by atoms with Crippen LogP contribution < -0.4 is 0 Å². The van der Waals surface area contributed by atoms with Crippen LogP contribution in [0.4, 0.5) is 0 Å². The smallest absolute Gasteiger partial charge is 0.335 e. The minimum Gasteiger partial charge on any atom is -0.478 e. The number of hydrogen-bond acceptors (Lipinski definition) is 3. The predicted molar refractivity (Wildman–Crippen MR) is 60.0 cm³/mol. The van der Waals surface area contributed by atoms with Crippen LogP contribution in [0.15, 0.2) is 24.3 Å². The van der Waals surface area contributed by atoms with Gasteiger partial charge in [0.05, 0.1) is 11.6 Å². The van der Waals surface area contributed by atoms with Crippen molar-refractivity contribution >= 4 is 5.97 Å². The summed E-state index contributed by atoms with van der Waals surface area (Å²) in [7, 11) is 1.91. The van der Waals surface area contributed by atoms with Gasteiger partial charge in [-0.25, -0.2) is 4.79 Å². The van der Waals surface area contributed by atoms with Crippen molar-refractivity contribution in [2.75, 3.05) is 13.6 Å². The summed E-state index contributed by atoms with van der Waals surface area (Å²) in [4.78, 5) is 12.7. The van der Waals surface area contributed by atoms with E-state index >= 15 is 0 Å². The van der Waals surface area contributed by atoms with E-state index in [0.29, 0.717) is 25.1 Å². The fraction of sp³-hybridized carbons (Fsp3) is 0.333. The van der Waals surface area contributed by atoms with Gasteiger partial charge in [-0.05, 0) is 24.7 Å². The predicted octanol–water partition coefficient (Wildman–Crippen LogP) is 1.73. The van der Waals surface area contributed by atoms with E-state index in [0.717, 1.165) is 5.56 Å². The zero-order valence-electron chi connectivity index (χ0n) is 9.18. The molecular weight excluding hydrogens is 204 g/mol. The molecule has 0 amide bonds. The van der Waals surface area contributed by atoms with Crippen LogP contribution in [0, 0.1) is 11.3 Å². The summed E-state index contributed by atoms with van der Waals surface area (Å²) < 4.78 is 0. The third kappa shape index (κ3) is 3.71. The van der Waals surface area contributed by atoms with E-state index in [1.807, 2.05) is 18.0 Å². The van der Waals surface area contributed by atoms with E-state index < -0.39 is 5.97 Å². The lowest BCUT2D eigenvalue weighted by molar-refractivity contribution is 0.0696. The lowest BCUT2D eigenvalue weighted by atomic mass is 10.1. The molecule has 0 atom stereocenters. The molecule has 1 aromatic rings. The number of benzene rings is 1. The van der Waals surface area contributed by atoms with E-state index in [9.17, 15) is 4.79 Å². The number of nitrogens with zero attached hydrogens (tertiary/aromatic N) is 2. The number of aromatic carboxylic acids is 1. The van der Waals surface area contributed by atoms with E-state index in [2.05, 4.69) is 6.07 Å². The van der Waals surface area contributed by atoms with Gasteiger partial charge in [-0.3, -0.25) is 0 Å². The van der Waals surface area contributed by atoms with Gasteiger partial charge in [0.2, 0.25) is 0 Å². The molecule has 0 aromatic heterocycles. The lowest BCUT2D eigenvalue weighted by Gasteiger charge is -2.14. The number of rotatable bonds is 5. The average molecular weight is 218 g/mol. The SMILES string of the molecule is CN(CCC#N)Cc1cccc(C(=O)O)c1. The standard InChI is InChI=1S/C12H14N2O2/c1-14(7-3-6-13)9-10-4-2-5-11(8-10)12(15)16/h2,4-5,8H,3,7,9H2,1H3,(H,15,16). The maximum Gasteiger partial charge on any atom is 0.335 e. The van der Waals surface area contributed by atoms with E-state index in [-0.39, 0.29) is 0 Å². The van der Waals surface area contributed by atoms with Crippen molar-refractivity contribution < 1.29 is 9.90 Å². The lowest BCUT2D eigenvalue weighted by Crippen LogP contribution is -2.18. The number of carbonyl (C=O) groups is 1. The number of carboxylic acid groups (broad SMARTS) is 1. The minimum atomic E-state index is -0.915. The molecule has 16 heavy (non-hydrogen) atoms. The molecule has 0 bridgehead atoms. The fourth-order valence-electron chi connectivity index (χ4n) is 1.43. The molecule has 0 aliphatic rings. The molecule has 0 aliphatic heterocycles. The maximum atomic E-state index is 10.8. The minimum absolute atomic E-state index is 0.297. The first kappa shape index (κ1) is 12.2. The Morgan fingerprint density at radius 3 is 2.94 bits per heavy atom. The Morgan fingerprint density at radius 2 is 2.31 bits per heavy atom. The highest BCUT2D eigenvalue weighted by atomic mass is 16.4. The van der Waals surface area contributed by atoms with Gasteiger partial charge in [0.1, 0.15) is 0 Å². The van der Waals surface area contributed by atoms with Gasteiger partial charge in [0, 0.05) is 19.5 Å². The third-order valence-corrected chi connectivity index (χ3v) is 2.23. The molecular formula is C12H14N2O2. The molecule has 1 rings (SSSR count). The van der Waals surface area contributed by atoms with E-state index in [1.165, 1.54) is 0 Å². The molecule has 0 radical (unpaired) electrons. The van der Waals surface area contributed by atoms with Crippen molar-refractivity contribution in [1.29, 1.82) is 5.26 Å². The molecule has 0 saturated heterocycles. The Morgan fingerprint density at radius 1 is 1.56 bits per heavy atom. The van der Waals surface area contributed by atoms with Crippen LogP contribution in [-0.4, -0.2) is 29.6 Å². The van der Waals surface area contributed by atoms with Gasteiger partial charge in [-0.15, -0.1) is 0 Å². The summed E-state index contributed by atoms with van der Waals surface area (Å²) >= 11 is 0. The van der Waals surface area contributed by atoms with Crippen LogP contribution in [0.5, 0.6) is 0 Å². The maximum absolute atomic E-state index is 10.8. The van der Waals surface area contributed by atoms with Gasteiger partial charge in [-0.2, -0.15) is 5.26 Å². The summed E-state index contributed by atoms with van der Waals surface area (Å²) in [6, 6.07) is 8.92. The van der Waals surface area contributed by atoms with Crippen molar-refractivity contribution in [1.82, 2.24) is 4.90 Å². The fourth-order valence-corrected chi connectivity index (χ4v) is 1.43. The van der Waals surface area contributed by atoms with Gasteiger partial charge >= 0.3 is 5.97 Å². The van der Waals surface area contributed by atoms with Crippen LogP contribution in [0.2, 0.25) is 0 Å². The second-order valence-corrected chi connectivity index (χ2v) is 3.65. The highest BCUT2D eigenvalue weighted by Crippen LogP contribution is 2.07. The number of nitriles is 1. The van der Waals surface area contributed by atoms with E-state index in [1.54, 1.807) is 18.2 Å². The molecule has 0 unspecified atom stereocenters. The molecule has 4 heteroatoms. The Hall–Kier alpha value is -1.86.